The molecule has 0 aliphatic heterocycles. The third kappa shape index (κ3) is 3.48. The summed E-state index contributed by atoms with van der Waals surface area (Å²) in [7, 11) is 0. The van der Waals surface area contributed by atoms with Gasteiger partial charge in [-0.15, -0.1) is 0 Å². The van der Waals surface area contributed by atoms with Gasteiger partial charge in [-0.25, -0.2) is 0 Å². The minimum atomic E-state index is 0.402. The van der Waals surface area contributed by atoms with Crippen molar-refractivity contribution in [3.63, 3.8) is 0 Å². The Hall–Kier alpha value is -1.54. The molecule has 1 unspecified atom stereocenters. The Labute approximate surface area is 116 Å². The van der Waals surface area contributed by atoms with Crippen molar-refractivity contribution in [2.75, 3.05) is 6.54 Å². The number of hydrogen-bond acceptors (Lipinski definition) is 1. The average molecular weight is 256 g/mol. The fraction of sp³-hybridized carbons (Fsp3) is 0.412. The van der Waals surface area contributed by atoms with Crippen LogP contribution in [0.1, 0.15) is 43.1 Å². The average Bonchev–Trinajstić information content (AvgIpc) is 2.87. The van der Waals surface area contributed by atoms with Crippen molar-refractivity contribution in [3.05, 3.63) is 59.4 Å². The molecule has 2 rings (SSSR count). The lowest BCUT2D eigenvalue weighted by Crippen LogP contribution is -2.22. The van der Waals surface area contributed by atoms with Crippen molar-refractivity contribution < 1.29 is 0 Å². The molecule has 1 N–H and O–H groups in total. The van der Waals surface area contributed by atoms with Crippen LogP contribution >= 0.6 is 0 Å². The number of nitrogens with zero attached hydrogens (tertiary/aromatic N) is 1. The van der Waals surface area contributed by atoms with Crippen LogP contribution in [0.5, 0.6) is 0 Å². The molecule has 0 spiro atoms. The number of aromatic nitrogens is 1. The molecule has 0 bridgehead atoms. The summed E-state index contributed by atoms with van der Waals surface area (Å²) in [4.78, 5) is 0. The van der Waals surface area contributed by atoms with Gasteiger partial charge < -0.3 is 9.88 Å². The fourth-order valence-corrected chi connectivity index (χ4v) is 2.40. The molecule has 0 saturated carbocycles. The minimum Gasteiger partial charge on any atom is -0.346 e. The van der Waals surface area contributed by atoms with Crippen LogP contribution in [0, 0.1) is 6.92 Å². The zero-order valence-electron chi connectivity index (χ0n) is 12.2. The largest absolute Gasteiger partial charge is 0.346 e. The maximum atomic E-state index is 3.55. The number of hydrogen-bond donors (Lipinski definition) is 1. The Morgan fingerprint density at radius 2 is 1.95 bits per heavy atom. The smallest absolute Gasteiger partial charge is 0.0476 e. The van der Waals surface area contributed by atoms with Crippen molar-refractivity contribution in [2.24, 2.45) is 0 Å². The van der Waals surface area contributed by atoms with Crippen LogP contribution in [0.25, 0.3) is 0 Å². The Kier molecular flexibility index (Phi) is 4.80. The topological polar surface area (TPSA) is 17.0 Å². The van der Waals surface area contributed by atoms with Crippen LogP contribution in [0.3, 0.4) is 0 Å². The van der Waals surface area contributed by atoms with Gasteiger partial charge in [0.15, 0.2) is 0 Å². The van der Waals surface area contributed by atoms with Gasteiger partial charge in [0.2, 0.25) is 0 Å². The zero-order valence-corrected chi connectivity index (χ0v) is 12.2. The van der Waals surface area contributed by atoms with Crippen LogP contribution in [-0.4, -0.2) is 11.1 Å². The summed E-state index contributed by atoms with van der Waals surface area (Å²) < 4.78 is 2.34. The second kappa shape index (κ2) is 6.58. The molecule has 1 aromatic carbocycles. The van der Waals surface area contributed by atoms with E-state index in [2.05, 4.69) is 73.3 Å². The van der Waals surface area contributed by atoms with E-state index >= 15 is 0 Å². The summed E-state index contributed by atoms with van der Waals surface area (Å²) in [5.41, 5.74) is 4.11. The summed E-state index contributed by atoms with van der Waals surface area (Å²) in [5, 5.41) is 3.55. The first-order valence-electron chi connectivity index (χ1n) is 7.15. The van der Waals surface area contributed by atoms with Gasteiger partial charge in [-0.3, -0.25) is 0 Å². The summed E-state index contributed by atoms with van der Waals surface area (Å²) in [5.74, 6) is 0. The lowest BCUT2D eigenvalue weighted by atomic mass is 10.1. The van der Waals surface area contributed by atoms with E-state index in [-0.39, 0.29) is 0 Å². The van der Waals surface area contributed by atoms with E-state index in [1.165, 1.54) is 23.2 Å². The van der Waals surface area contributed by atoms with Crippen molar-refractivity contribution in [3.8, 4) is 0 Å². The number of aryl methyl sites for hydroxylation is 1. The second-order valence-corrected chi connectivity index (χ2v) is 5.16. The Morgan fingerprint density at radius 1 is 1.16 bits per heavy atom. The van der Waals surface area contributed by atoms with E-state index in [9.17, 15) is 0 Å². The van der Waals surface area contributed by atoms with E-state index < -0.39 is 0 Å². The molecule has 1 heterocycles. The van der Waals surface area contributed by atoms with Gasteiger partial charge in [-0.1, -0.05) is 31.2 Å². The summed E-state index contributed by atoms with van der Waals surface area (Å²) >= 11 is 0. The molecule has 1 atom stereocenters. The predicted octanol–water partition coefficient (Wildman–Crippen LogP) is 3.91. The SMILES string of the molecule is CCCNC(C)c1cccn1Cc1ccccc1C. The first kappa shape index (κ1) is 13.9. The standard InChI is InChI=1S/C17H24N2/c1-4-11-18-15(3)17-10-7-12-19(17)13-16-9-6-5-8-14(16)2/h5-10,12,15,18H,4,11,13H2,1-3H3. The van der Waals surface area contributed by atoms with E-state index in [0.29, 0.717) is 6.04 Å². The van der Waals surface area contributed by atoms with Crippen molar-refractivity contribution in [1.29, 1.82) is 0 Å². The second-order valence-electron chi connectivity index (χ2n) is 5.16. The highest BCUT2D eigenvalue weighted by atomic mass is 15.0. The van der Waals surface area contributed by atoms with Gasteiger partial charge in [0.05, 0.1) is 0 Å². The molecule has 0 amide bonds. The lowest BCUT2D eigenvalue weighted by Gasteiger charge is -2.17. The zero-order chi connectivity index (χ0) is 13.7. The Morgan fingerprint density at radius 3 is 2.68 bits per heavy atom. The molecular formula is C17H24N2. The molecule has 2 nitrogen and oxygen atoms in total. The summed E-state index contributed by atoms with van der Waals surface area (Å²) in [6.07, 6.45) is 3.34. The van der Waals surface area contributed by atoms with Crippen molar-refractivity contribution in [1.82, 2.24) is 9.88 Å². The van der Waals surface area contributed by atoms with Crippen LogP contribution in [0.15, 0.2) is 42.6 Å². The summed E-state index contributed by atoms with van der Waals surface area (Å²) in [6.45, 7) is 8.63. The molecule has 19 heavy (non-hydrogen) atoms. The maximum absolute atomic E-state index is 3.55. The highest BCUT2D eigenvalue weighted by molar-refractivity contribution is 5.27. The van der Waals surface area contributed by atoms with E-state index in [1.807, 2.05) is 0 Å². The monoisotopic (exact) mass is 256 g/mol. The predicted molar refractivity (Wildman–Crippen MR) is 81.4 cm³/mol. The third-order valence-corrected chi connectivity index (χ3v) is 3.61. The quantitative estimate of drug-likeness (QED) is 0.829. The van der Waals surface area contributed by atoms with Crippen LogP contribution in [-0.2, 0) is 6.54 Å². The maximum Gasteiger partial charge on any atom is 0.0476 e. The van der Waals surface area contributed by atoms with E-state index in [0.717, 1.165) is 13.1 Å². The normalized spacial score (nSPS) is 12.6. The molecule has 2 heteroatoms. The molecule has 0 aliphatic rings. The Bertz CT molecular complexity index is 513. The van der Waals surface area contributed by atoms with E-state index in [1.54, 1.807) is 0 Å². The third-order valence-electron chi connectivity index (χ3n) is 3.61. The summed E-state index contributed by atoms with van der Waals surface area (Å²) in [6, 6.07) is 13.4. The molecule has 2 aromatic rings. The van der Waals surface area contributed by atoms with Crippen LogP contribution in [0.2, 0.25) is 0 Å². The van der Waals surface area contributed by atoms with Gasteiger partial charge in [0.1, 0.15) is 0 Å². The van der Waals surface area contributed by atoms with Gasteiger partial charge in [-0.2, -0.15) is 0 Å². The first-order valence-corrected chi connectivity index (χ1v) is 7.15. The van der Waals surface area contributed by atoms with E-state index in [4.69, 9.17) is 0 Å². The van der Waals surface area contributed by atoms with Gasteiger partial charge in [-0.05, 0) is 50.1 Å². The van der Waals surface area contributed by atoms with Crippen LogP contribution < -0.4 is 5.32 Å². The van der Waals surface area contributed by atoms with Gasteiger partial charge in [0, 0.05) is 24.5 Å². The minimum absolute atomic E-state index is 0.402. The highest BCUT2D eigenvalue weighted by Crippen LogP contribution is 2.17. The number of nitrogens with one attached hydrogen (secondary N) is 1. The Balaban J connectivity index is 2.14. The highest BCUT2D eigenvalue weighted by Gasteiger charge is 2.09. The molecule has 102 valence electrons. The van der Waals surface area contributed by atoms with Gasteiger partial charge in [0.25, 0.3) is 0 Å². The molecule has 1 aromatic heterocycles. The van der Waals surface area contributed by atoms with Crippen LogP contribution in [0.4, 0.5) is 0 Å². The molecule has 0 saturated heterocycles. The van der Waals surface area contributed by atoms with Gasteiger partial charge >= 0.3 is 0 Å². The fourth-order valence-electron chi connectivity index (χ4n) is 2.40. The first-order chi connectivity index (χ1) is 9.22. The lowest BCUT2D eigenvalue weighted by molar-refractivity contribution is 0.534. The molecule has 0 radical (unpaired) electrons. The molecule has 0 fully saturated rings. The number of benzene rings is 1. The molecular weight excluding hydrogens is 232 g/mol. The van der Waals surface area contributed by atoms with Crippen molar-refractivity contribution in [2.45, 2.75) is 39.8 Å². The molecule has 0 aliphatic carbocycles. The van der Waals surface area contributed by atoms with Crippen molar-refractivity contribution >= 4 is 0 Å². The number of rotatable bonds is 6.